The molecule has 0 saturated carbocycles. The SMILES string of the molecule is CC(C)(C)c1ccc(-c2nccs2)c(C(F)(F)F)c1. The number of nitrogens with zero attached hydrogens (tertiary/aromatic N) is 1. The van der Waals surface area contributed by atoms with Crippen LogP contribution >= 0.6 is 11.3 Å². The quantitative estimate of drug-likeness (QED) is 0.708. The van der Waals surface area contributed by atoms with Crippen LogP contribution in [-0.4, -0.2) is 4.98 Å². The number of aromatic nitrogens is 1. The minimum atomic E-state index is -4.37. The van der Waals surface area contributed by atoms with Crippen molar-refractivity contribution in [2.24, 2.45) is 0 Å². The van der Waals surface area contributed by atoms with E-state index in [2.05, 4.69) is 4.98 Å². The lowest BCUT2D eigenvalue weighted by atomic mass is 9.85. The second-order valence-corrected chi connectivity index (χ2v) is 6.24. The van der Waals surface area contributed by atoms with Gasteiger partial charge in [0.2, 0.25) is 0 Å². The first-order valence-electron chi connectivity index (χ1n) is 5.81. The van der Waals surface area contributed by atoms with Gasteiger partial charge in [-0.1, -0.05) is 32.9 Å². The fraction of sp³-hybridized carbons (Fsp3) is 0.357. The Morgan fingerprint density at radius 1 is 1.11 bits per heavy atom. The molecule has 1 aromatic carbocycles. The van der Waals surface area contributed by atoms with Gasteiger partial charge in [0.25, 0.3) is 0 Å². The van der Waals surface area contributed by atoms with Gasteiger partial charge in [0.1, 0.15) is 5.01 Å². The monoisotopic (exact) mass is 285 g/mol. The van der Waals surface area contributed by atoms with Gasteiger partial charge in [0.05, 0.1) is 5.56 Å². The van der Waals surface area contributed by atoms with Gasteiger partial charge >= 0.3 is 6.18 Å². The Morgan fingerprint density at radius 3 is 2.26 bits per heavy atom. The van der Waals surface area contributed by atoms with E-state index in [1.165, 1.54) is 29.7 Å². The number of alkyl halides is 3. The number of benzene rings is 1. The second-order valence-electron chi connectivity index (χ2n) is 5.35. The van der Waals surface area contributed by atoms with E-state index < -0.39 is 11.7 Å². The number of rotatable bonds is 1. The Morgan fingerprint density at radius 2 is 1.79 bits per heavy atom. The van der Waals surface area contributed by atoms with Crippen molar-refractivity contribution >= 4 is 11.3 Å². The minimum Gasteiger partial charge on any atom is -0.245 e. The largest absolute Gasteiger partial charge is 0.417 e. The topological polar surface area (TPSA) is 12.9 Å². The van der Waals surface area contributed by atoms with Crippen LogP contribution in [0, 0.1) is 0 Å². The molecule has 0 bridgehead atoms. The van der Waals surface area contributed by atoms with Crippen LogP contribution < -0.4 is 0 Å². The molecule has 0 unspecified atom stereocenters. The summed E-state index contributed by atoms with van der Waals surface area (Å²) in [5, 5.41) is 2.07. The summed E-state index contributed by atoms with van der Waals surface area (Å²) in [5.41, 5.74) is -0.119. The number of hydrogen-bond acceptors (Lipinski definition) is 2. The highest BCUT2D eigenvalue weighted by molar-refractivity contribution is 7.13. The lowest BCUT2D eigenvalue weighted by molar-refractivity contribution is -0.137. The molecular formula is C14H14F3NS. The average Bonchev–Trinajstić information content (AvgIpc) is 2.79. The molecule has 0 aliphatic carbocycles. The van der Waals surface area contributed by atoms with Crippen LogP contribution in [0.3, 0.4) is 0 Å². The zero-order valence-electron chi connectivity index (χ0n) is 10.9. The Balaban J connectivity index is 2.63. The van der Waals surface area contributed by atoms with Crippen LogP contribution in [0.15, 0.2) is 29.8 Å². The van der Waals surface area contributed by atoms with Crippen molar-refractivity contribution < 1.29 is 13.2 Å². The molecule has 0 saturated heterocycles. The van der Waals surface area contributed by atoms with Gasteiger partial charge < -0.3 is 0 Å². The van der Waals surface area contributed by atoms with Gasteiger partial charge in [0.15, 0.2) is 0 Å². The first kappa shape index (κ1) is 14.1. The first-order valence-corrected chi connectivity index (χ1v) is 6.69. The molecule has 0 fully saturated rings. The summed E-state index contributed by atoms with van der Waals surface area (Å²) in [7, 11) is 0. The molecule has 1 nitrogen and oxygen atoms in total. The molecule has 0 amide bonds. The van der Waals surface area contributed by atoms with Crippen LogP contribution in [0.2, 0.25) is 0 Å². The van der Waals surface area contributed by atoms with Crippen LogP contribution in [0.25, 0.3) is 10.6 Å². The van der Waals surface area contributed by atoms with Crippen molar-refractivity contribution in [2.45, 2.75) is 32.4 Å². The van der Waals surface area contributed by atoms with Crippen molar-refractivity contribution in [1.82, 2.24) is 4.98 Å². The predicted molar refractivity (Wildman–Crippen MR) is 71.3 cm³/mol. The summed E-state index contributed by atoms with van der Waals surface area (Å²) in [6, 6.07) is 4.49. The highest BCUT2D eigenvalue weighted by Gasteiger charge is 2.35. The fourth-order valence-electron chi connectivity index (χ4n) is 1.79. The standard InChI is InChI=1S/C14H14F3NS/c1-13(2,3)9-4-5-10(12-18-6-7-19-12)11(8-9)14(15,16)17/h4-8H,1-3H3. The summed E-state index contributed by atoms with van der Waals surface area (Å²) in [4.78, 5) is 3.97. The van der Waals surface area contributed by atoms with Crippen LogP contribution in [-0.2, 0) is 11.6 Å². The zero-order valence-corrected chi connectivity index (χ0v) is 11.7. The molecule has 0 N–H and O–H groups in total. The molecule has 2 aromatic rings. The molecule has 1 aromatic heterocycles. The second kappa shape index (κ2) is 4.63. The zero-order chi connectivity index (χ0) is 14.3. The third kappa shape index (κ3) is 2.97. The molecule has 0 spiro atoms. The van der Waals surface area contributed by atoms with Crippen molar-refractivity contribution in [3.63, 3.8) is 0 Å². The van der Waals surface area contributed by atoms with Gasteiger partial charge in [0, 0.05) is 17.1 Å². The summed E-state index contributed by atoms with van der Waals surface area (Å²) in [5.74, 6) is 0. The first-order chi connectivity index (χ1) is 8.69. The Kier molecular flexibility index (Phi) is 3.43. The highest BCUT2D eigenvalue weighted by atomic mass is 32.1. The van der Waals surface area contributed by atoms with E-state index in [1.807, 2.05) is 20.8 Å². The van der Waals surface area contributed by atoms with Crippen molar-refractivity contribution in [2.75, 3.05) is 0 Å². The smallest absolute Gasteiger partial charge is 0.245 e. The summed E-state index contributed by atoms with van der Waals surface area (Å²) < 4.78 is 39.6. The summed E-state index contributed by atoms with van der Waals surface area (Å²) in [6.45, 7) is 5.68. The maximum absolute atomic E-state index is 13.2. The highest BCUT2D eigenvalue weighted by Crippen LogP contribution is 2.40. The van der Waals surface area contributed by atoms with Crippen molar-refractivity contribution in [3.8, 4) is 10.6 Å². The van der Waals surface area contributed by atoms with Crippen LogP contribution in [0.5, 0.6) is 0 Å². The molecule has 19 heavy (non-hydrogen) atoms. The number of thiazole rings is 1. The average molecular weight is 285 g/mol. The minimum absolute atomic E-state index is 0.149. The van der Waals surface area contributed by atoms with Gasteiger partial charge in [-0.3, -0.25) is 0 Å². The van der Waals surface area contributed by atoms with E-state index in [-0.39, 0.29) is 11.0 Å². The summed E-state index contributed by atoms with van der Waals surface area (Å²) >= 11 is 1.21. The Bertz CT molecular complexity index is 565. The molecule has 0 aliphatic rings. The van der Waals surface area contributed by atoms with E-state index in [1.54, 1.807) is 11.4 Å². The van der Waals surface area contributed by atoms with Gasteiger partial charge in [-0.15, -0.1) is 11.3 Å². The maximum Gasteiger partial charge on any atom is 0.417 e. The number of halogens is 3. The molecule has 0 atom stereocenters. The van der Waals surface area contributed by atoms with Crippen molar-refractivity contribution in [1.29, 1.82) is 0 Å². The molecule has 2 rings (SSSR count). The Hall–Kier alpha value is -1.36. The number of hydrogen-bond donors (Lipinski definition) is 0. The third-order valence-corrected chi connectivity index (χ3v) is 3.66. The molecule has 5 heteroatoms. The van der Waals surface area contributed by atoms with Crippen molar-refractivity contribution in [3.05, 3.63) is 40.9 Å². The lowest BCUT2D eigenvalue weighted by Gasteiger charge is -2.21. The van der Waals surface area contributed by atoms with Crippen LogP contribution in [0.4, 0.5) is 13.2 Å². The molecule has 0 radical (unpaired) electrons. The van der Waals surface area contributed by atoms with E-state index in [4.69, 9.17) is 0 Å². The molecular weight excluding hydrogens is 271 g/mol. The van der Waals surface area contributed by atoms with E-state index in [0.29, 0.717) is 10.6 Å². The van der Waals surface area contributed by atoms with Gasteiger partial charge in [-0.25, -0.2) is 4.98 Å². The van der Waals surface area contributed by atoms with Gasteiger partial charge in [-0.2, -0.15) is 13.2 Å². The lowest BCUT2D eigenvalue weighted by Crippen LogP contribution is -2.14. The molecule has 1 heterocycles. The third-order valence-electron chi connectivity index (χ3n) is 2.85. The Labute approximate surface area is 114 Å². The normalized spacial score (nSPS) is 12.7. The van der Waals surface area contributed by atoms with E-state index >= 15 is 0 Å². The molecule has 0 aliphatic heterocycles. The summed E-state index contributed by atoms with van der Waals surface area (Å²) in [6.07, 6.45) is -2.86. The van der Waals surface area contributed by atoms with E-state index in [9.17, 15) is 13.2 Å². The van der Waals surface area contributed by atoms with E-state index in [0.717, 1.165) is 0 Å². The maximum atomic E-state index is 13.2. The van der Waals surface area contributed by atoms with Crippen LogP contribution in [0.1, 0.15) is 31.9 Å². The fourth-order valence-corrected chi connectivity index (χ4v) is 2.47. The molecule has 102 valence electrons. The predicted octanol–water partition coefficient (Wildman–Crippen LogP) is 5.13. The van der Waals surface area contributed by atoms with Gasteiger partial charge in [-0.05, 0) is 17.0 Å².